The number of nitrogens with zero attached hydrogens (tertiary/aromatic N) is 1. The third-order valence-electron chi connectivity index (χ3n) is 3.20. The lowest BCUT2D eigenvalue weighted by Gasteiger charge is -2.12. The number of aromatic nitrogens is 1. The third-order valence-corrected chi connectivity index (χ3v) is 3.20. The second-order valence-electron chi connectivity index (χ2n) is 4.83. The second-order valence-corrected chi connectivity index (χ2v) is 4.83. The van der Waals surface area contributed by atoms with Crippen molar-refractivity contribution >= 4 is 11.7 Å². The number of rotatable bonds is 5. The molecule has 0 saturated carbocycles. The lowest BCUT2D eigenvalue weighted by molar-refractivity contribution is -0.114. The lowest BCUT2D eigenvalue weighted by atomic mass is 10.0. The van der Waals surface area contributed by atoms with Crippen molar-refractivity contribution in [2.45, 2.75) is 26.9 Å². The summed E-state index contributed by atoms with van der Waals surface area (Å²) in [7, 11) is 0. The van der Waals surface area contributed by atoms with Gasteiger partial charge < -0.3 is 10.1 Å². The maximum Gasteiger partial charge on any atom is 0.222 e. The van der Waals surface area contributed by atoms with Crippen LogP contribution in [0.5, 0.6) is 0 Å². The molecule has 1 amide bonds. The molecule has 4 heteroatoms. The van der Waals surface area contributed by atoms with E-state index in [-0.39, 0.29) is 12.0 Å². The molecule has 0 aliphatic carbocycles. The summed E-state index contributed by atoms with van der Waals surface area (Å²) in [5.74, 6) is 0.442. The molecule has 1 aromatic heterocycles. The molecule has 1 heterocycles. The number of anilines is 1. The van der Waals surface area contributed by atoms with E-state index in [1.807, 2.05) is 19.9 Å². The molecular weight excluding hydrogens is 264 g/mol. The number of carbonyl (C=O) groups excluding carboxylic acids is 1. The van der Waals surface area contributed by atoms with Crippen molar-refractivity contribution in [2.24, 2.45) is 0 Å². The Labute approximate surface area is 125 Å². The van der Waals surface area contributed by atoms with Crippen LogP contribution in [0, 0.1) is 0 Å². The molecule has 0 saturated heterocycles. The number of amides is 1. The molecule has 0 unspecified atom stereocenters. The molecule has 0 bridgehead atoms. The average Bonchev–Trinajstić information content (AvgIpc) is 2.48. The highest BCUT2D eigenvalue weighted by atomic mass is 16.5. The standard InChI is InChI=1S/C17H20N2O2/c1-4-21-12(2)14-5-7-15(8-6-14)16-9-10-17(18-11-16)19-13(3)20/h5-12H,4H2,1-3H3,(H,18,19,20)/t12-/m0/s1. The van der Waals surface area contributed by atoms with E-state index in [4.69, 9.17) is 4.74 Å². The zero-order valence-corrected chi connectivity index (χ0v) is 12.6. The highest BCUT2D eigenvalue weighted by Gasteiger charge is 2.05. The summed E-state index contributed by atoms with van der Waals surface area (Å²) in [6.45, 7) is 6.21. The van der Waals surface area contributed by atoms with E-state index in [9.17, 15) is 4.79 Å². The van der Waals surface area contributed by atoms with Crippen LogP contribution in [0.15, 0.2) is 42.6 Å². The first kappa shape index (κ1) is 15.2. The predicted molar refractivity (Wildman–Crippen MR) is 84.0 cm³/mol. The quantitative estimate of drug-likeness (QED) is 0.908. The van der Waals surface area contributed by atoms with E-state index >= 15 is 0 Å². The lowest BCUT2D eigenvalue weighted by Crippen LogP contribution is -2.06. The topological polar surface area (TPSA) is 51.2 Å². The van der Waals surface area contributed by atoms with Crippen molar-refractivity contribution in [3.05, 3.63) is 48.2 Å². The van der Waals surface area contributed by atoms with E-state index in [1.165, 1.54) is 6.92 Å². The van der Waals surface area contributed by atoms with Crippen LogP contribution in [-0.4, -0.2) is 17.5 Å². The molecule has 0 aliphatic heterocycles. The normalized spacial score (nSPS) is 12.0. The minimum Gasteiger partial charge on any atom is -0.374 e. The van der Waals surface area contributed by atoms with Crippen molar-refractivity contribution in [3.63, 3.8) is 0 Å². The highest BCUT2D eigenvalue weighted by molar-refractivity contribution is 5.87. The Hall–Kier alpha value is -2.20. The Kier molecular flexibility index (Phi) is 5.06. The fourth-order valence-electron chi connectivity index (χ4n) is 2.11. The first-order valence-corrected chi connectivity index (χ1v) is 7.05. The van der Waals surface area contributed by atoms with Crippen LogP contribution in [0.25, 0.3) is 11.1 Å². The van der Waals surface area contributed by atoms with E-state index in [0.717, 1.165) is 16.7 Å². The fraction of sp³-hybridized carbons (Fsp3) is 0.294. The van der Waals surface area contributed by atoms with Gasteiger partial charge in [0.2, 0.25) is 5.91 Å². The molecule has 1 N–H and O–H groups in total. The predicted octanol–water partition coefficient (Wildman–Crippen LogP) is 3.80. The van der Waals surface area contributed by atoms with Gasteiger partial charge in [0.05, 0.1) is 6.10 Å². The van der Waals surface area contributed by atoms with Gasteiger partial charge in [0.25, 0.3) is 0 Å². The Balaban J connectivity index is 2.13. The van der Waals surface area contributed by atoms with Crippen LogP contribution in [-0.2, 0) is 9.53 Å². The molecule has 0 aliphatic rings. The average molecular weight is 284 g/mol. The Morgan fingerprint density at radius 1 is 1.19 bits per heavy atom. The van der Waals surface area contributed by atoms with Crippen LogP contribution < -0.4 is 5.32 Å². The molecule has 2 aromatic rings. The first-order chi connectivity index (χ1) is 10.1. The minimum absolute atomic E-state index is 0.101. The van der Waals surface area contributed by atoms with Crippen LogP contribution in [0.3, 0.4) is 0 Å². The molecule has 1 aromatic carbocycles. The first-order valence-electron chi connectivity index (χ1n) is 7.05. The van der Waals surface area contributed by atoms with E-state index in [2.05, 4.69) is 34.6 Å². The molecule has 0 fully saturated rings. The summed E-state index contributed by atoms with van der Waals surface area (Å²) in [6.07, 6.45) is 1.86. The zero-order chi connectivity index (χ0) is 15.2. The molecule has 21 heavy (non-hydrogen) atoms. The Bertz CT molecular complexity index is 591. The Morgan fingerprint density at radius 2 is 1.86 bits per heavy atom. The van der Waals surface area contributed by atoms with Gasteiger partial charge in [-0.15, -0.1) is 0 Å². The summed E-state index contributed by atoms with van der Waals surface area (Å²) in [5.41, 5.74) is 3.26. The van der Waals surface area contributed by atoms with E-state index < -0.39 is 0 Å². The highest BCUT2D eigenvalue weighted by Crippen LogP contribution is 2.23. The number of hydrogen-bond acceptors (Lipinski definition) is 3. The summed E-state index contributed by atoms with van der Waals surface area (Å²) in [4.78, 5) is 15.2. The van der Waals surface area contributed by atoms with Gasteiger partial charge >= 0.3 is 0 Å². The van der Waals surface area contributed by atoms with Crippen LogP contribution >= 0.6 is 0 Å². The molecule has 0 spiro atoms. The summed E-state index contributed by atoms with van der Waals surface area (Å²) in [6, 6.07) is 12.0. The number of ether oxygens (including phenoxy) is 1. The second kappa shape index (κ2) is 6.99. The van der Waals surface area contributed by atoms with Crippen molar-refractivity contribution in [1.29, 1.82) is 0 Å². The molecular formula is C17H20N2O2. The number of pyridine rings is 1. The number of hydrogen-bond donors (Lipinski definition) is 1. The van der Waals surface area contributed by atoms with Gasteiger partial charge in [-0.1, -0.05) is 24.3 Å². The van der Waals surface area contributed by atoms with Crippen molar-refractivity contribution in [2.75, 3.05) is 11.9 Å². The van der Waals surface area contributed by atoms with Gasteiger partial charge in [-0.25, -0.2) is 4.98 Å². The van der Waals surface area contributed by atoms with Crippen LogP contribution in [0.2, 0.25) is 0 Å². The number of carbonyl (C=O) groups is 1. The van der Waals surface area contributed by atoms with Gasteiger partial charge in [-0.3, -0.25) is 4.79 Å². The molecule has 1 atom stereocenters. The summed E-state index contributed by atoms with van der Waals surface area (Å²) < 4.78 is 5.57. The minimum atomic E-state index is -0.121. The maximum atomic E-state index is 11.0. The van der Waals surface area contributed by atoms with Crippen molar-refractivity contribution < 1.29 is 9.53 Å². The zero-order valence-electron chi connectivity index (χ0n) is 12.6. The van der Waals surface area contributed by atoms with Gasteiger partial charge in [0, 0.05) is 25.3 Å². The number of nitrogens with one attached hydrogen (secondary N) is 1. The Morgan fingerprint density at radius 3 is 2.38 bits per heavy atom. The van der Waals surface area contributed by atoms with Crippen molar-refractivity contribution in [1.82, 2.24) is 4.98 Å². The van der Waals surface area contributed by atoms with Crippen LogP contribution in [0.1, 0.15) is 32.4 Å². The SMILES string of the molecule is CCO[C@@H](C)c1ccc(-c2ccc(NC(C)=O)nc2)cc1. The molecule has 4 nitrogen and oxygen atoms in total. The van der Waals surface area contributed by atoms with E-state index in [0.29, 0.717) is 12.4 Å². The monoisotopic (exact) mass is 284 g/mol. The molecule has 2 rings (SSSR count). The van der Waals surface area contributed by atoms with Gasteiger partial charge in [-0.2, -0.15) is 0 Å². The van der Waals surface area contributed by atoms with Gasteiger partial charge in [0.1, 0.15) is 5.82 Å². The van der Waals surface area contributed by atoms with Crippen LogP contribution in [0.4, 0.5) is 5.82 Å². The fourth-order valence-corrected chi connectivity index (χ4v) is 2.11. The third kappa shape index (κ3) is 4.13. The van der Waals surface area contributed by atoms with Crippen molar-refractivity contribution in [3.8, 4) is 11.1 Å². The largest absolute Gasteiger partial charge is 0.374 e. The number of benzene rings is 1. The van der Waals surface area contributed by atoms with Gasteiger partial charge in [0.15, 0.2) is 0 Å². The summed E-state index contributed by atoms with van der Waals surface area (Å²) in [5, 5.41) is 2.65. The smallest absolute Gasteiger partial charge is 0.222 e. The van der Waals surface area contributed by atoms with Gasteiger partial charge in [-0.05, 0) is 37.1 Å². The summed E-state index contributed by atoms with van der Waals surface area (Å²) >= 11 is 0. The molecule has 110 valence electrons. The molecule has 0 radical (unpaired) electrons. The van der Waals surface area contributed by atoms with E-state index in [1.54, 1.807) is 12.3 Å². The maximum absolute atomic E-state index is 11.0.